The molecule has 98 valence electrons. The molecular weight excluding hydrogens is 236 g/mol. The van der Waals surface area contributed by atoms with Gasteiger partial charge in [0.2, 0.25) is 0 Å². The van der Waals surface area contributed by atoms with Crippen molar-refractivity contribution in [1.82, 2.24) is 0 Å². The molecule has 1 aromatic carbocycles. The summed E-state index contributed by atoms with van der Waals surface area (Å²) < 4.78 is 10.3. The SMILES string of the molecule is CCCOC(=O)C(C)Oc1ccc(C(=O)O)cc1. The van der Waals surface area contributed by atoms with Gasteiger partial charge in [0.15, 0.2) is 6.10 Å². The molecule has 0 saturated carbocycles. The zero-order chi connectivity index (χ0) is 13.5. The lowest BCUT2D eigenvalue weighted by Gasteiger charge is -2.13. The summed E-state index contributed by atoms with van der Waals surface area (Å²) in [6.45, 7) is 3.86. The maximum absolute atomic E-state index is 11.4. The smallest absolute Gasteiger partial charge is 0.347 e. The number of carboxylic acid groups (broad SMARTS) is 1. The standard InChI is InChI=1S/C13H16O5/c1-3-8-17-13(16)9(2)18-11-6-4-10(5-7-11)12(14)15/h4-7,9H,3,8H2,1-2H3,(H,14,15). The van der Waals surface area contributed by atoms with Gasteiger partial charge < -0.3 is 14.6 Å². The van der Waals surface area contributed by atoms with E-state index < -0.39 is 18.0 Å². The monoisotopic (exact) mass is 252 g/mol. The van der Waals surface area contributed by atoms with E-state index in [1.807, 2.05) is 6.92 Å². The highest BCUT2D eigenvalue weighted by molar-refractivity contribution is 5.87. The van der Waals surface area contributed by atoms with E-state index in [4.69, 9.17) is 14.6 Å². The van der Waals surface area contributed by atoms with Crippen LogP contribution in [0.2, 0.25) is 0 Å². The Labute approximate surface area is 105 Å². The second kappa shape index (κ2) is 6.64. The van der Waals surface area contributed by atoms with E-state index in [1.54, 1.807) is 6.92 Å². The lowest BCUT2D eigenvalue weighted by atomic mass is 10.2. The van der Waals surface area contributed by atoms with Gasteiger partial charge in [-0.2, -0.15) is 0 Å². The molecule has 1 rings (SSSR count). The average Bonchev–Trinajstić information content (AvgIpc) is 2.36. The molecule has 1 N–H and O–H groups in total. The molecule has 0 heterocycles. The van der Waals surface area contributed by atoms with Gasteiger partial charge in [-0.25, -0.2) is 9.59 Å². The zero-order valence-corrected chi connectivity index (χ0v) is 10.4. The van der Waals surface area contributed by atoms with Crippen LogP contribution in [0.15, 0.2) is 24.3 Å². The van der Waals surface area contributed by atoms with Crippen molar-refractivity contribution in [3.8, 4) is 5.75 Å². The number of esters is 1. The van der Waals surface area contributed by atoms with Crippen LogP contribution in [0.5, 0.6) is 5.75 Å². The van der Waals surface area contributed by atoms with E-state index in [-0.39, 0.29) is 5.56 Å². The van der Waals surface area contributed by atoms with Crippen molar-refractivity contribution in [3.05, 3.63) is 29.8 Å². The molecule has 0 spiro atoms. The molecule has 0 aliphatic heterocycles. The summed E-state index contributed by atoms with van der Waals surface area (Å²) in [6.07, 6.45) is 0.0402. The summed E-state index contributed by atoms with van der Waals surface area (Å²) in [6, 6.07) is 5.85. The van der Waals surface area contributed by atoms with Gasteiger partial charge in [0.1, 0.15) is 5.75 Å². The minimum Gasteiger partial charge on any atom is -0.479 e. The first-order valence-electron chi connectivity index (χ1n) is 5.71. The van der Waals surface area contributed by atoms with Crippen molar-refractivity contribution in [3.63, 3.8) is 0 Å². The fourth-order valence-electron chi connectivity index (χ4n) is 1.25. The molecule has 18 heavy (non-hydrogen) atoms. The van der Waals surface area contributed by atoms with Crippen LogP contribution in [0.25, 0.3) is 0 Å². The highest BCUT2D eigenvalue weighted by Crippen LogP contribution is 2.14. The molecule has 0 amide bonds. The van der Waals surface area contributed by atoms with Crippen molar-refractivity contribution in [2.24, 2.45) is 0 Å². The number of aromatic carboxylic acids is 1. The van der Waals surface area contributed by atoms with E-state index in [1.165, 1.54) is 24.3 Å². The Balaban J connectivity index is 2.56. The van der Waals surface area contributed by atoms with Gasteiger partial charge in [-0.05, 0) is 37.6 Å². The van der Waals surface area contributed by atoms with Gasteiger partial charge in [0, 0.05) is 0 Å². The topological polar surface area (TPSA) is 72.8 Å². The predicted molar refractivity (Wildman–Crippen MR) is 64.7 cm³/mol. The molecule has 0 bridgehead atoms. The minimum atomic E-state index is -1.00. The fraction of sp³-hybridized carbons (Fsp3) is 0.385. The molecule has 5 nitrogen and oxygen atoms in total. The molecule has 0 aliphatic rings. The number of hydrogen-bond acceptors (Lipinski definition) is 4. The fourth-order valence-corrected chi connectivity index (χ4v) is 1.25. The molecule has 0 radical (unpaired) electrons. The molecular formula is C13H16O5. The van der Waals surface area contributed by atoms with Crippen LogP contribution in [0.1, 0.15) is 30.6 Å². The third-order valence-corrected chi connectivity index (χ3v) is 2.19. The Kier molecular flexibility index (Phi) is 5.17. The molecule has 5 heteroatoms. The number of carboxylic acids is 1. The van der Waals surface area contributed by atoms with Crippen LogP contribution in [0.3, 0.4) is 0 Å². The van der Waals surface area contributed by atoms with Crippen LogP contribution in [-0.4, -0.2) is 29.8 Å². The van der Waals surface area contributed by atoms with Crippen LogP contribution in [0, 0.1) is 0 Å². The Morgan fingerprint density at radius 2 is 1.89 bits per heavy atom. The van der Waals surface area contributed by atoms with Crippen LogP contribution in [0.4, 0.5) is 0 Å². The Morgan fingerprint density at radius 1 is 1.28 bits per heavy atom. The number of ether oxygens (including phenoxy) is 2. The van der Waals surface area contributed by atoms with Crippen LogP contribution >= 0.6 is 0 Å². The Hall–Kier alpha value is -2.04. The summed E-state index contributed by atoms with van der Waals surface area (Å²) in [7, 11) is 0. The average molecular weight is 252 g/mol. The number of rotatable bonds is 6. The van der Waals surface area contributed by atoms with Gasteiger partial charge in [0.05, 0.1) is 12.2 Å². The highest BCUT2D eigenvalue weighted by atomic mass is 16.6. The van der Waals surface area contributed by atoms with E-state index in [0.29, 0.717) is 12.4 Å². The number of benzene rings is 1. The maximum atomic E-state index is 11.4. The molecule has 0 saturated heterocycles. The normalized spacial score (nSPS) is 11.7. The minimum absolute atomic E-state index is 0.170. The first-order valence-corrected chi connectivity index (χ1v) is 5.71. The zero-order valence-electron chi connectivity index (χ0n) is 10.4. The Morgan fingerprint density at radius 3 is 2.39 bits per heavy atom. The maximum Gasteiger partial charge on any atom is 0.347 e. The third-order valence-electron chi connectivity index (χ3n) is 2.19. The third kappa shape index (κ3) is 4.08. The van der Waals surface area contributed by atoms with Crippen molar-refractivity contribution in [1.29, 1.82) is 0 Å². The van der Waals surface area contributed by atoms with Gasteiger partial charge in [0.25, 0.3) is 0 Å². The summed E-state index contributed by atoms with van der Waals surface area (Å²) in [5.41, 5.74) is 0.170. The summed E-state index contributed by atoms with van der Waals surface area (Å²) in [4.78, 5) is 22.1. The molecule has 0 aromatic heterocycles. The lowest BCUT2D eigenvalue weighted by molar-refractivity contribution is -0.151. The molecule has 0 aliphatic carbocycles. The highest BCUT2D eigenvalue weighted by Gasteiger charge is 2.16. The Bertz CT molecular complexity index is 410. The van der Waals surface area contributed by atoms with Crippen molar-refractivity contribution < 1.29 is 24.2 Å². The van der Waals surface area contributed by atoms with Gasteiger partial charge in [-0.15, -0.1) is 0 Å². The second-order valence-corrected chi connectivity index (χ2v) is 3.76. The van der Waals surface area contributed by atoms with Crippen LogP contribution < -0.4 is 4.74 Å². The van der Waals surface area contributed by atoms with Gasteiger partial charge >= 0.3 is 11.9 Å². The largest absolute Gasteiger partial charge is 0.479 e. The molecule has 1 atom stereocenters. The summed E-state index contributed by atoms with van der Waals surface area (Å²) in [5.74, 6) is -1.00. The number of hydrogen-bond donors (Lipinski definition) is 1. The lowest BCUT2D eigenvalue weighted by Crippen LogP contribution is -2.26. The number of carbonyl (C=O) groups excluding carboxylic acids is 1. The second-order valence-electron chi connectivity index (χ2n) is 3.76. The van der Waals surface area contributed by atoms with E-state index in [2.05, 4.69) is 0 Å². The summed E-state index contributed by atoms with van der Waals surface area (Å²) in [5, 5.41) is 8.73. The predicted octanol–water partition coefficient (Wildman–Crippen LogP) is 2.11. The van der Waals surface area contributed by atoms with Crippen LogP contribution in [-0.2, 0) is 9.53 Å². The van der Waals surface area contributed by atoms with Gasteiger partial charge in [-0.3, -0.25) is 0 Å². The van der Waals surface area contributed by atoms with Crippen molar-refractivity contribution in [2.45, 2.75) is 26.4 Å². The molecule has 1 aromatic rings. The van der Waals surface area contributed by atoms with Crippen molar-refractivity contribution >= 4 is 11.9 Å². The van der Waals surface area contributed by atoms with E-state index >= 15 is 0 Å². The quantitative estimate of drug-likeness (QED) is 0.785. The first-order chi connectivity index (χ1) is 8.54. The summed E-state index contributed by atoms with van der Waals surface area (Å²) >= 11 is 0. The number of carbonyl (C=O) groups is 2. The molecule has 1 unspecified atom stereocenters. The van der Waals surface area contributed by atoms with E-state index in [0.717, 1.165) is 6.42 Å². The van der Waals surface area contributed by atoms with Gasteiger partial charge in [-0.1, -0.05) is 6.92 Å². The molecule has 0 fully saturated rings. The van der Waals surface area contributed by atoms with E-state index in [9.17, 15) is 9.59 Å². The van der Waals surface area contributed by atoms with Crippen molar-refractivity contribution in [2.75, 3.05) is 6.61 Å². The first kappa shape index (κ1) is 14.0.